The van der Waals surface area contributed by atoms with Crippen LogP contribution in [0.4, 0.5) is 5.82 Å². The number of rotatable bonds is 5. The first-order valence-electron chi connectivity index (χ1n) is 6.95. The largest absolute Gasteiger partial charge is 0.438 e. The van der Waals surface area contributed by atoms with E-state index in [2.05, 4.69) is 35.2 Å². The molecule has 0 radical (unpaired) electrons. The molecule has 0 fully saturated rings. The predicted molar refractivity (Wildman–Crippen MR) is 81.5 cm³/mol. The summed E-state index contributed by atoms with van der Waals surface area (Å²) in [5.41, 5.74) is 2.10. The fourth-order valence-electron chi connectivity index (χ4n) is 2.04. The monoisotopic (exact) mass is 271 g/mol. The van der Waals surface area contributed by atoms with Gasteiger partial charge in [0, 0.05) is 6.54 Å². The van der Waals surface area contributed by atoms with Crippen LogP contribution in [0.2, 0.25) is 0 Å². The summed E-state index contributed by atoms with van der Waals surface area (Å²) in [4.78, 5) is 8.47. The van der Waals surface area contributed by atoms with Crippen LogP contribution in [0.3, 0.4) is 0 Å². The molecule has 0 aliphatic rings. The standard InChI is InChI=1S/C16H21N3O/c1-5-17-15-12(4)16(19-10-18-15)20-14-9-7-6-8-13(14)11(2)3/h6-11H,5H2,1-4H3,(H,17,18,19). The van der Waals surface area contributed by atoms with E-state index < -0.39 is 0 Å². The molecule has 0 unspecified atom stereocenters. The van der Waals surface area contributed by atoms with E-state index in [1.54, 1.807) is 0 Å². The molecule has 2 rings (SSSR count). The first-order valence-corrected chi connectivity index (χ1v) is 6.95. The first kappa shape index (κ1) is 14.3. The SMILES string of the molecule is CCNc1ncnc(Oc2ccccc2C(C)C)c1C. The van der Waals surface area contributed by atoms with Crippen LogP contribution in [0.1, 0.15) is 37.8 Å². The minimum atomic E-state index is 0.404. The molecule has 1 N–H and O–H groups in total. The summed E-state index contributed by atoms with van der Waals surface area (Å²) in [6, 6.07) is 8.06. The Morgan fingerprint density at radius 3 is 2.65 bits per heavy atom. The van der Waals surface area contributed by atoms with Gasteiger partial charge >= 0.3 is 0 Å². The molecule has 2 aromatic rings. The zero-order valence-corrected chi connectivity index (χ0v) is 12.5. The van der Waals surface area contributed by atoms with Crippen LogP contribution in [0.25, 0.3) is 0 Å². The zero-order chi connectivity index (χ0) is 14.5. The van der Waals surface area contributed by atoms with Crippen molar-refractivity contribution in [3.8, 4) is 11.6 Å². The lowest BCUT2D eigenvalue weighted by Crippen LogP contribution is -2.04. The topological polar surface area (TPSA) is 47.0 Å². The molecule has 20 heavy (non-hydrogen) atoms. The molecular weight excluding hydrogens is 250 g/mol. The Labute approximate surface area is 120 Å². The molecule has 0 spiro atoms. The number of benzene rings is 1. The summed E-state index contributed by atoms with van der Waals surface area (Å²) in [6.07, 6.45) is 1.53. The molecule has 1 heterocycles. The van der Waals surface area contributed by atoms with Gasteiger partial charge in [-0.1, -0.05) is 32.0 Å². The van der Waals surface area contributed by atoms with Gasteiger partial charge in [-0.2, -0.15) is 0 Å². The van der Waals surface area contributed by atoms with Crippen LogP contribution in [0.15, 0.2) is 30.6 Å². The average Bonchev–Trinajstić information content (AvgIpc) is 2.44. The van der Waals surface area contributed by atoms with Crippen molar-refractivity contribution in [2.24, 2.45) is 0 Å². The van der Waals surface area contributed by atoms with Crippen molar-refractivity contribution in [3.05, 3.63) is 41.7 Å². The Morgan fingerprint density at radius 1 is 1.20 bits per heavy atom. The van der Waals surface area contributed by atoms with E-state index in [1.165, 1.54) is 11.9 Å². The molecule has 0 amide bonds. The van der Waals surface area contributed by atoms with E-state index in [9.17, 15) is 0 Å². The molecule has 0 bridgehead atoms. The summed E-state index contributed by atoms with van der Waals surface area (Å²) in [5.74, 6) is 2.68. The molecule has 106 valence electrons. The van der Waals surface area contributed by atoms with Crippen molar-refractivity contribution in [3.63, 3.8) is 0 Å². The van der Waals surface area contributed by atoms with E-state index in [4.69, 9.17) is 4.74 Å². The van der Waals surface area contributed by atoms with E-state index in [0.717, 1.165) is 23.7 Å². The quantitative estimate of drug-likeness (QED) is 0.888. The van der Waals surface area contributed by atoms with Crippen molar-refractivity contribution in [2.45, 2.75) is 33.6 Å². The number of nitrogens with zero attached hydrogens (tertiary/aromatic N) is 2. The Morgan fingerprint density at radius 2 is 1.95 bits per heavy atom. The van der Waals surface area contributed by atoms with Gasteiger partial charge in [-0.05, 0) is 31.4 Å². The van der Waals surface area contributed by atoms with Crippen LogP contribution in [-0.4, -0.2) is 16.5 Å². The second kappa shape index (κ2) is 6.37. The van der Waals surface area contributed by atoms with E-state index in [0.29, 0.717) is 11.8 Å². The third kappa shape index (κ3) is 3.07. The van der Waals surface area contributed by atoms with Crippen molar-refractivity contribution in [1.82, 2.24) is 9.97 Å². The van der Waals surface area contributed by atoms with E-state index >= 15 is 0 Å². The summed E-state index contributed by atoms with van der Waals surface area (Å²) in [5, 5.41) is 3.21. The normalized spacial score (nSPS) is 10.7. The molecule has 0 aliphatic carbocycles. The van der Waals surface area contributed by atoms with E-state index in [-0.39, 0.29) is 0 Å². The number of anilines is 1. The van der Waals surface area contributed by atoms with Crippen LogP contribution in [0, 0.1) is 6.92 Å². The number of aromatic nitrogens is 2. The second-order valence-corrected chi connectivity index (χ2v) is 4.98. The maximum absolute atomic E-state index is 6.00. The molecule has 1 aromatic heterocycles. The molecule has 0 saturated heterocycles. The second-order valence-electron chi connectivity index (χ2n) is 4.98. The summed E-state index contributed by atoms with van der Waals surface area (Å²) < 4.78 is 6.00. The molecule has 0 aliphatic heterocycles. The number of nitrogens with one attached hydrogen (secondary N) is 1. The lowest BCUT2D eigenvalue weighted by atomic mass is 10.0. The van der Waals surface area contributed by atoms with Gasteiger partial charge in [-0.25, -0.2) is 9.97 Å². The Bertz CT molecular complexity index is 582. The number of ether oxygens (including phenoxy) is 1. The summed E-state index contributed by atoms with van der Waals surface area (Å²) >= 11 is 0. The number of para-hydroxylation sites is 1. The van der Waals surface area contributed by atoms with Gasteiger partial charge in [0.1, 0.15) is 17.9 Å². The summed E-state index contributed by atoms with van der Waals surface area (Å²) in [6.45, 7) is 9.12. The fourth-order valence-corrected chi connectivity index (χ4v) is 2.04. The Kier molecular flexibility index (Phi) is 4.56. The zero-order valence-electron chi connectivity index (χ0n) is 12.5. The van der Waals surface area contributed by atoms with Gasteiger partial charge in [-0.3, -0.25) is 0 Å². The van der Waals surface area contributed by atoms with Crippen molar-refractivity contribution in [2.75, 3.05) is 11.9 Å². The predicted octanol–water partition coefficient (Wildman–Crippen LogP) is 4.13. The molecule has 1 aromatic carbocycles. The Hall–Kier alpha value is -2.10. The lowest BCUT2D eigenvalue weighted by molar-refractivity contribution is 0.449. The van der Waals surface area contributed by atoms with Gasteiger partial charge in [-0.15, -0.1) is 0 Å². The average molecular weight is 271 g/mol. The maximum atomic E-state index is 6.00. The van der Waals surface area contributed by atoms with Gasteiger partial charge in [0.25, 0.3) is 0 Å². The van der Waals surface area contributed by atoms with Crippen molar-refractivity contribution >= 4 is 5.82 Å². The third-order valence-electron chi connectivity index (χ3n) is 3.13. The van der Waals surface area contributed by atoms with E-state index in [1.807, 2.05) is 32.0 Å². The minimum Gasteiger partial charge on any atom is -0.438 e. The maximum Gasteiger partial charge on any atom is 0.227 e. The highest BCUT2D eigenvalue weighted by atomic mass is 16.5. The van der Waals surface area contributed by atoms with Crippen LogP contribution in [0.5, 0.6) is 11.6 Å². The number of hydrogen-bond donors (Lipinski definition) is 1. The first-order chi connectivity index (χ1) is 9.63. The van der Waals surface area contributed by atoms with Crippen molar-refractivity contribution < 1.29 is 4.74 Å². The molecule has 0 atom stereocenters. The number of hydrogen-bond acceptors (Lipinski definition) is 4. The highest BCUT2D eigenvalue weighted by Crippen LogP contribution is 2.31. The molecule has 0 saturated carbocycles. The summed E-state index contributed by atoms with van der Waals surface area (Å²) in [7, 11) is 0. The minimum absolute atomic E-state index is 0.404. The molecular formula is C16H21N3O. The lowest BCUT2D eigenvalue weighted by Gasteiger charge is -2.15. The van der Waals surface area contributed by atoms with Gasteiger partial charge in [0.05, 0.1) is 5.56 Å². The Balaban J connectivity index is 2.33. The van der Waals surface area contributed by atoms with Gasteiger partial charge in [0.15, 0.2) is 0 Å². The van der Waals surface area contributed by atoms with Crippen LogP contribution >= 0.6 is 0 Å². The highest BCUT2D eigenvalue weighted by Gasteiger charge is 2.12. The molecule has 4 heteroatoms. The smallest absolute Gasteiger partial charge is 0.227 e. The van der Waals surface area contributed by atoms with Crippen molar-refractivity contribution in [1.29, 1.82) is 0 Å². The fraction of sp³-hybridized carbons (Fsp3) is 0.375. The third-order valence-corrected chi connectivity index (χ3v) is 3.13. The van der Waals surface area contributed by atoms with Gasteiger partial charge in [0.2, 0.25) is 5.88 Å². The van der Waals surface area contributed by atoms with Crippen LogP contribution in [-0.2, 0) is 0 Å². The molecule has 4 nitrogen and oxygen atoms in total. The van der Waals surface area contributed by atoms with Gasteiger partial charge < -0.3 is 10.1 Å². The highest BCUT2D eigenvalue weighted by molar-refractivity contribution is 5.49. The van der Waals surface area contributed by atoms with Crippen LogP contribution < -0.4 is 10.1 Å².